The standard InChI is InChI=1S/C12H10ClN3O3S/c1-2-19-11(18)8-6-20-12(15-8)16-10(17)7-3-4-9(13)14-5-7/h3-6H,2H2,1H3,(H,15,16,17). The second-order valence-electron chi connectivity index (χ2n) is 3.58. The molecule has 0 aromatic carbocycles. The summed E-state index contributed by atoms with van der Waals surface area (Å²) in [5, 5.41) is 4.71. The molecule has 0 spiro atoms. The molecule has 0 unspecified atom stereocenters. The number of nitrogens with zero attached hydrogens (tertiary/aromatic N) is 2. The number of aromatic nitrogens is 2. The lowest BCUT2D eigenvalue weighted by Gasteiger charge is -2.01. The minimum Gasteiger partial charge on any atom is -0.461 e. The molecule has 0 aliphatic carbocycles. The first-order chi connectivity index (χ1) is 9.60. The number of thiazole rings is 1. The molecule has 0 fully saturated rings. The fourth-order valence-electron chi connectivity index (χ4n) is 1.31. The van der Waals surface area contributed by atoms with E-state index in [2.05, 4.69) is 15.3 Å². The lowest BCUT2D eigenvalue weighted by Crippen LogP contribution is -2.12. The van der Waals surface area contributed by atoms with Gasteiger partial charge in [-0.25, -0.2) is 14.8 Å². The second kappa shape index (κ2) is 6.44. The largest absolute Gasteiger partial charge is 0.461 e. The van der Waals surface area contributed by atoms with Crippen LogP contribution in [0, 0.1) is 0 Å². The molecule has 2 heterocycles. The molecule has 0 saturated carbocycles. The van der Waals surface area contributed by atoms with E-state index in [1.54, 1.807) is 13.0 Å². The van der Waals surface area contributed by atoms with E-state index >= 15 is 0 Å². The molecule has 0 aliphatic rings. The van der Waals surface area contributed by atoms with Crippen LogP contribution in [0.15, 0.2) is 23.7 Å². The maximum Gasteiger partial charge on any atom is 0.357 e. The van der Waals surface area contributed by atoms with Gasteiger partial charge in [0.2, 0.25) is 0 Å². The van der Waals surface area contributed by atoms with E-state index in [0.29, 0.717) is 15.8 Å². The molecule has 6 nitrogen and oxygen atoms in total. The summed E-state index contributed by atoms with van der Waals surface area (Å²) in [6, 6.07) is 3.06. The molecule has 1 N–H and O–H groups in total. The zero-order valence-corrected chi connectivity index (χ0v) is 12.0. The Morgan fingerprint density at radius 1 is 1.45 bits per heavy atom. The fraction of sp³-hybridized carbons (Fsp3) is 0.167. The number of hydrogen-bond acceptors (Lipinski definition) is 6. The minimum absolute atomic E-state index is 0.168. The highest BCUT2D eigenvalue weighted by Gasteiger charge is 2.14. The molecule has 2 rings (SSSR count). The summed E-state index contributed by atoms with van der Waals surface area (Å²) in [5.41, 5.74) is 0.517. The zero-order chi connectivity index (χ0) is 14.5. The summed E-state index contributed by atoms with van der Waals surface area (Å²) in [6.07, 6.45) is 1.36. The molecule has 0 bridgehead atoms. The topological polar surface area (TPSA) is 81.2 Å². The number of hydrogen-bond donors (Lipinski definition) is 1. The first-order valence-electron chi connectivity index (χ1n) is 5.65. The highest BCUT2D eigenvalue weighted by atomic mass is 35.5. The van der Waals surface area contributed by atoms with Gasteiger partial charge in [-0.1, -0.05) is 11.6 Å². The Morgan fingerprint density at radius 3 is 2.90 bits per heavy atom. The summed E-state index contributed by atoms with van der Waals surface area (Å²) in [7, 11) is 0. The number of halogens is 1. The first kappa shape index (κ1) is 14.4. The van der Waals surface area contributed by atoms with Crippen molar-refractivity contribution in [2.24, 2.45) is 0 Å². The number of anilines is 1. The predicted octanol–water partition coefficient (Wildman–Crippen LogP) is 2.62. The number of carbonyl (C=O) groups is 2. The van der Waals surface area contributed by atoms with Gasteiger partial charge in [0.1, 0.15) is 5.15 Å². The highest BCUT2D eigenvalue weighted by Crippen LogP contribution is 2.17. The van der Waals surface area contributed by atoms with Crippen molar-refractivity contribution in [1.82, 2.24) is 9.97 Å². The van der Waals surface area contributed by atoms with Gasteiger partial charge < -0.3 is 4.74 Å². The molecule has 1 amide bonds. The van der Waals surface area contributed by atoms with Crippen molar-refractivity contribution < 1.29 is 14.3 Å². The Morgan fingerprint density at radius 2 is 2.25 bits per heavy atom. The van der Waals surface area contributed by atoms with Crippen LogP contribution in [0.25, 0.3) is 0 Å². The molecule has 20 heavy (non-hydrogen) atoms. The molecule has 0 radical (unpaired) electrons. The SMILES string of the molecule is CCOC(=O)c1csc(NC(=O)c2ccc(Cl)nc2)n1. The fourth-order valence-corrected chi connectivity index (χ4v) is 2.10. The zero-order valence-electron chi connectivity index (χ0n) is 10.4. The summed E-state index contributed by atoms with van der Waals surface area (Å²) >= 11 is 6.78. The van der Waals surface area contributed by atoms with Gasteiger partial charge in [0, 0.05) is 11.6 Å². The van der Waals surface area contributed by atoms with Crippen LogP contribution in [0.4, 0.5) is 5.13 Å². The van der Waals surface area contributed by atoms with Crippen LogP contribution in [-0.4, -0.2) is 28.5 Å². The molecule has 0 aliphatic heterocycles. The van der Waals surface area contributed by atoms with E-state index in [-0.39, 0.29) is 18.2 Å². The van der Waals surface area contributed by atoms with Crippen LogP contribution in [0.2, 0.25) is 5.15 Å². The second-order valence-corrected chi connectivity index (χ2v) is 4.83. The van der Waals surface area contributed by atoms with Crippen molar-refractivity contribution in [3.05, 3.63) is 40.1 Å². The number of nitrogens with one attached hydrogen (secondary N) is 1. The smallest absolute Gasteiger partial charge is 0.357 e. The molecule has 0 atom stereocenters. The summed E-state index contributed by atoms with van der Waals surface area (Å²) < 4.78 is 4.81. The van der Waals surface area contributed by atoms with Gasteiger partial charge in [-0.3, -0.25) is 10.1 Å². The molecule has 104 valence electrons. The van der Waals surface area contributed by atoms with Gasteiger partial charge in [-0.2, -0.15) is 0 Å². The van der Waals surface area contributed by atoms with Crippen LogP contribution in [0.5, 0.6) is 0 Å². The van der Waals surface area contributed by atoms with Crippen LogP contribution in [0.3, 0.4) is 0 Å². The third kappa shape index (κ3) is 3.52. The number of rotatable bonds is 4. The van der Waals surface area contributed by atoms with Gasteiger partial charge in [0.05, 0.1) is 12.2 Å². The Bertz CT molecular complexity index is 627. The maximum absolute atomic E-state index is 11.9. The summed E-state index contributed by atoms with van der Waals surface area (Å²) in [5.74, 6) is -0.892. The van der Waals surface area contributed by atoms with Crippen LogP contribution < -0.4 is 5.32 Å². The van der Waals surface area contributed by atoms with Crippen molar-refractivity contribution in [3.63, 3.8) is 0 Å². The van der Waals surface area contributed by atoms with Crippen molar-refractivity contribution in [1.29, 1.82) is 0 Å². The Labute approximate surface area is 123 Å². The third-order valence-electron chi connectivity index (χ3n) is 2.20. The van der Waals surface area contributed by atoms with E-state index in [4.69, 9.17) is 16.3 Å². The highest BCUT2D eigenvalue weighted by molar-refractivity contribution is 7.14. The summed E-state index contributed by atoms with van der Waals surface area (Å²) in [6.45, 7) is 1.98. The monoisotopic (exact) mass is 311 g/mol. The van der Waals surface area contributed by atoms with Gasteiger partial charge in [-0.15, -0.1) is 11.3 Å². The molecule has 2 aromatic heterocycles. The number of carbonyl (C=O) groups excluding carboxylic acids is 2. The minimum atomic E-state index is -0.516. The van der Waals surface area contributed by atoms with Gasteiger partial charge >= 0.3 is 5.97 Å². The molecule has 8 heteroatoms. The number of pyridine rings is 1. The van der Waals surface area contributed by atoms with E-state index in [9.17, 15) is 9.59 Å². The van der Waals surface area contributed by atoms with E-state index in [1.807, 2.05) is 0 Å². The quantitative estimate of drug-likeness (QED) is 0.693. The van der Waals surface area contributed by atoms with E-state index in [1.165, 1.54) is 17.6 Å². The summed E-state index contributed by atoms with van der Waals surface area (Å²) in [4.78, 5) is 31.1. The maximum atomic E-state index is 11.9. The Balaban J connectivity index is 2.05. The van der Waals surface area contributed by atoms with Gasteiger partial charge in [0.15, 0.2) is 10.8 Å². The lowest BCUT2D eigenvalue weighted by molar-refractivity contribution is 0.0520. The van der Waals surface area contributed by atoms with Crippen molar-refractivity contribution in [3.8, 4) is 0 Å². The first-order valence-corrected chi connectivity index (χ1v) is 6.91. The lowest BCUT2D eigenvalue weighted by atomic mass is 10.3. The van der Waals surface area contributed by atoms with Gasteiger partial charge in [0.25, 0.3) is 5.91 Å². The van der Waals surface area contributed by atoms with Crippen LogP contribution >= 0.6 is 22.9 Å². The average molecular weight is 312 g/mol. The van der Waals surface area contributed by atoms with Crippen LogP contribution in [-0.2, 0) is 4.74 Å². The molecular formula is C12H10ClN3O3S. The van der Waals surface area contributed by atoms with Crippen molar-refractivity contribution in [2.75, 3.05) is 11.9 Å². The van der Waals surface area contributed by atoms with Crippen molar-refractivity contribution in [2.45, 2.75) is 6.92 Å². The normalized spacial score (nSPS) is 10.1. The molecule has 0 saturated heterocycles. The number of esters is 1. The Hall–Kier alpha value is -1.99. The van der Waals surface area contributed by atoms with E-state index in [0.717, 1.165) is 11.3 Å². The predicted molar refractivity (Wildman–Crippen MR) is 75.3 cm³/mol. The van der Waals surface area contributed by atoms with Crippen molar-refractivity contribution >= 4 is 39.9 Å². The number of amides is 1. The van der Waals surface area contributed by atoms with Crippen LogP contribution in [0.1, 0.15) is 27.8 Å². The third-order valence-corrected chi connectivity index (χ3v) is 3.18. The molecule has 2 aromatic rings. The number of ether oxygens (including phenoxy) is 1. The van der Waals surface area contributed by atoms with E-state index < -0.39 is 5.97 Å². The molecular weight excluding hydrogens is 302 g/mol. The van der Waals surface area contributed by atoms with Gasteiger partial charge in [-0.05, 0) is 19.1 Å². The Kier molecular flexibility index (Phi) is 4.65. The average Bonchev–Trinajstić information content (AvgIpc) is 2.88.